The molecule has 3 nitrogen and oxygen atoms in total. The van der Waals surface area contributed by atoms with Gasteiger partial charge in [-0.3, -0.25) is 7.86 Å². The number of halogens is 1. The van der Waals surface area contributed by atoms with E-state index in [-0.39, 0.29) is 4.43 Å². The number of carbonyl (C=O) groups excluding carboxylic acids is 1. The summed E-state index contributed by atoms with van der Waals surface area (Å²) < 4.78 is 15.0. The fourth-order valence-corrected chi connectivity index (χ4v) is 1.10. The number of rotatable bonds is 3. The molecule has 1 rings (SSSR count). The minimum absolute atomic E-state index is 0.0355. The highest BCUT2D eigenvalue weighted by atomic mass is 127. The molecule has 0 bridgehead atoms. The normalized spacial score (nSPS) is 9.33. The monoisotopic (exact) mass is 278 g/mol. The van der Waals surface area contributed by atoms with E-state index in [1.807, 2.05) is 6.07 Å². The Balaban J connectivity index is 2.52. The molecule has 0 spiro atoms. The number of carbonyl (C=O) groups is 1. The second-order valence-electron chi connectivity index (χ2n) is 2.03. The summed E-state index contributed by atoms with van der Waals surface area (Å²) in [5.41, 5.74) is 0. The molecule has 0 heterocycles. The van der Waals surface area contributed by atoms with Crippen molar-refractivity contribution in [2.75, 3.05) is 4.43 Å². The first-order valence-corrected chi connectivity index (χ1v) is 5.70. The Morgan fingerprint density at radius 1 is 1.33 bits per heavy atom. The molecule has 0 radical (unpaired) electrons. The third-order valence-electron chi connectivity index (χ3n) is 1.14. The van der Waals surface area contributed by atoms with Crippen molar-refractivity contribution in [2.24, 2.45) is 0 Å². The SMILES string of the molecule is O=ICC(=O)Oc1ccccc1. The van der Waals surface area contributed by atoms with Crippen LogP contribution >= 0.6 is 21.2 Å². The largest absolute Gasteiger partial charge is 0.426 e. The van der Waals surface area contributed by atoms with E-state index in [4.69, 9.17) is 4.74 Å². The fraction of sp³-hybridized carbons (Fsp3) is 0.125. The molecule has 1 aromatic carbocycles. The lowest BCUT2D eigenvalue weighted by Gasteiger charge is -1.99. The highest BCUT2D eigenvalue weighted by Crippen LogP contribution is 2.09. The van der Waals surface area contributed by atoms with Crippen molar-refractivity contribution in [2.45, 2.75) is 0 Å². The van der Waals surface area contributed by atoms with Crippen LogP contribution < -0.4 is 4.74 Å². The predicted octanol–water partition coefficient (Wildman–Crippen LogP) is 1.91. The number of benzene rings is 1. The van der Waals surface area contributed by atoms with E-state index in [1.165, 1.54) is 0 Å². The first-order chi connectivity index (χ1) is 5.83. The molecule has 0 aliphatic heterocycles. The first kappa shape index (κ1) is 9.31. The molecule has 0 aliphatic carbocycles. The van der Waals surface area contributed by atoms with Crippen molar-refractivity contribution in [3.05, 3.63) is 30.3 Å². The number of hydrogen-bond acceptors (Lipinski definition) is 3. The van der Waals surface area contributed by atoms with Gasteiger partial charge in [-0.25, -0.2) is 0 Å². The molecular formula is C8H7IO3. The summed E-state index contributed by atoms with van der Waals surface area (Å²) in [6.45, 7) is 0. The van der Waals surface area contributed by atoms with Gasteiger partial charge in [0.2, 0.25) is 0 Å². The maximum Gasteiger partial charge on any atom is 0.323 e. The average Bonchev–Trinajstić information content (AvgIpc) is 2.06. The van der Waals surface area contributed by atoms with Crippen LogP contribution in [0.25, 0.3) is 0 Å². The first-order valence-electron chi connectivity index (χ1n) is 3.30. The third-order valence-corrected chi connectivity index (χ3v) is 2.07. The van der Waals surface area contributed by atoms with Gasteiger partial charge in [0.15, 0.2) is 21.2 Å². The van der Waals surface area contributed by atoms with Crippen LogP contribution in [0.5, 0.6) is 5.75 Å². The van der Waals surface area contributed by atoms with Crippen molar-refractivity contribution in [1.82, 2.24) is 0 Å². The van der Waals surface area contributed by atoms with E-state index >= 15 is 0 Å². The van der Waals surface area contributed by atoms with Crippen LogP contribution in [0.15, 0.2) is 30.3 Å². The smallest absolute Gasteiger partial charge is 0.323 e. The van der Waals surface area contributed by atoms with Crippen LogP contribution in [0, 0.1) is 0 Å². The van der Waals surface area contributed by atoms with Crippen molar-refractivity contribution in [3.8, 4) is 5.75 Å². The average molecular weight is 278 g/mol. The molecule has 0 atom stereocenters. The van der Waals surface area contributed by atoms with Crippen molar-refractivity contribution in [1.29, 1.82) is 0 Å². The van der Waals surface area contributed by atoms with Gasteiger partial charge >= 0.3 is 5.97 Å². The van der Waals surface area contributed by atoms with E-state index < -0.39 is 27.2 Å². The van der Waals surface area contributed by atoms with E-state index in [0.29, 0.717) is 5.75 Å². The van der Waals surface area contributed by atoms with Crippen LogP contribution in [0.4, 0.5) is 0 Å². The summed E-state index contributed by atoms with van der Waals surface area (Å²) in [5, 5.41) is 0. The van der Waals surface area contributed by atoms with Gasteiger partial charge in [-0.15, -0.1) is 0 Å². The number of alkyl halides is 1. The molecule has 12 heavy (non-hydrogen) atoms. The molecule has 1 aromatic rings. The summed E-state index contributed by atoms with van der Waals surface area (Å²) >= 11 is -1.26. The Bertz CT molecular complexity index is 271. The van der Waals surface area contributed by atoms with E-state index in [1.54, 1.807) is 24.3 Å². The number of hydrogen-bond donors (Lipinski definition) is 0. The van der Waals surface area contributed by atoms with Crippen LogP contribution in [-0.2, 0) is 7.86 Å². The second kappa shape index (κ2) is 4.97. The highest BCUT2D eigenvalue weighted by molar-refractivity contribution is 14.1. The Morgan fingerprint density at radius 3 is 2.58 bits per heavy atom. The molecule has 64 valence electrons. The Labute approximate surface area is 80.4 Å². The number of ether oxygens (including phenoxy) is 1. The van der Waals surface area contributed by atoms with Crippen molar-refractivity contribution < 1.29 is 12.6 Å². The van der Waals surface area contributed by atoms with Gasteiger partial charge in [-0.1, -0.05) is 18.2 Å². The van der Waals surface area contributed by atoms with Crippen LogP contribution in [0.3, 0.4) is 0 Å². The maximum absolute atomic E-state index is 10.8. The molecular weight excluding hydrogens is 271 g/mol. The lowest BCUT2D eigenvalue weighted by atomic mass is 10.3. The zero-order chi connectivity index (χ0) is 8.81. The van der Waals surface area contributed by atoms with Gasteiger partial charge in [0, 0.05) is 0 Å². The molecule has 0 N–H and O–H groups in total. The van der Waals surface area contributed by atoms with Gasteiger partial charge in [0.25, 0.3) is 0 Å². The fourth-order valence-electron chi connectivity index (χ4n) is 0.692. The van der Waals surface area contributed by atoms with Crippen molar-refractivity contribution in [3.63, 3.8) is 0 Å². The number of para-hydroxylation sites is 1. The molecule has 0 aromatic heterocycles. The molecule has 0 saturated heterocycles. The van der Waals surface area contributed by atoms with Gasteiger partial charge in [-0.05, 0) is 12.1 Å². The molecule has 0 aliphatic rings. The standard InChI is InChI=1S/C8H7IO3/c10-8(6-9-11)12-7-4-2-1-3-5-7/h1-5H,6H2. The molecule has 0 fully saturated rings. The topological polar surface area (TPSA) is 43.4 Å². The summed E-state index contributed by atoms with van der Waals surface area (Å²) in [4.78, 5) is 10.8. The highest BCUT2D eigenvalue weighted by Gasteiger charge is 2.02. The zero-order valence-corrected chi connectivity index (χ0v) is 8.35. The minimum atomic E-state index is -1.26. The Hall–Kier alpha value is -0.780. The predicted molar refractivity (Wildman–Crippen MR) is 51.7 cm³/mol. The molecule has 0 saturated carbocycles. The quantitative estimate of drug-likeness (QED) is 0.367. The van der Waals surface area contributed by atoms with Crippen LogP contribution in [0.2, 0.25) is 0 Å². The van der Waals surface area contributed by atoms with E-state index in [2.05, 4.69) is 0 Å². The lowest BCUT2D eigenvalue weighted by molar-refractivity contribution is -0.131. The zero-order valence-electron chi connectivity index (χ0n) is 6.20. The van der Waals surface area contributed by atoms with Crippen LogP contribution in [-0.4, -0.2) is 10.4 Å². The summed E-state index contributed by atoms with van der Waals surface area (Å²) in [6.07, 6.45) is 0. The van der Waals surface area contributed by atoms with E-state index in [0.717, 1.165) is 0 Å². The second-order valence-corrected chi connectivity index (χ2v) is 3.42. The van der Waals surface area contributed by atoms with Crippen LogP contribution in [0.1, 0.15) is 0 Å². The molecule has 0 unspecified atom stereocenters. The number of esters is 1. The van der Waals surface area contributed by atoms with Gasteiger partial charge in [-0.2, -0.15) is 0 Å². The Kier molecular flexibility index (Phi) is 3.86. The Morgan fingerprint density at radius 2 is 2.00 bits per heavy atom. The minimum Gasteiger partial charge on any atom is -0.426 e. The van der Waals surface area contributed by atoms with E-state index in [9.17, 15) is 7.86 Å². The lowest BCUT2D eigenvalue weighted by Crippen LogP contribution is -2.08. The van der Waals surface area contributed by atoms with Gasteiger partial charge < -0.3 is 4.74 Å². The molecule has 4 heteroatoms. The van der Waals surface area contributed by atoms with Gasteiger partial charge in [0.1, 0.15) is 10.2 Å². The molecule has 0 amide bonds. The maximum atomic E-state index is 10.8. The van der Waals surface area contributed by atoms with Crippen molar-refractivity contribution >= 4 is 27.2 Å². The summed E-state index contributed by atoms with van der Waals surface area (Å²) in [7, 11) is 0. The summed E-state index contributed by atoms with van der Waals surface area (Å²) in [5.74, 6) is 0.0731. The summed E-state index contributed by atoms with van der Waals surface area (Å²) in [6, 6.07) is 8.74. The third kappa shape index (κ3) is 3.08. The van der Waals surface area contributed by atoms with Gasteiger partial charge in [0.05, 0.1) is 0 Å².